The summed E-state index contributed by atoms with van der Waals surface area (Å²) in [5, 5.41) is 2.19. The van der Waals surface area contributed by atoms with Crippen LogP contribution in [0.3, 0.4) is 0 Å². The van der Waals surface area contributed by atoms with Crippen LogP contribution in [0.2, 0.25) is 0 Å². The standard InChI is InChI=1S/C11H20N4O3S2/c1-18-7-9-3-2-4-15(6-9)20(16,17)13-5-10-8-19-11(12)14-10/h8-9,13H,2-7H2,1H3,(H2,12,14)/t9-/m0/s1. The fourth-order valence-corrected chi connectivity index (χ4v) is 4.13. The van der Waals surface area contributed by atoms with Gasteiger partial charge >= 0.3 is 0 Å². The highest BCUT2D eigenvalue weighted by Crippen LogP contribution is 2.19. The third-order valence-corrected chi connectivity index (χ3v) is 5.47. The van der Waals surface area contributed by atoms with Crippen molar-refractivity contribution in [3.8, 4) is 0 Å². The molecule has 1 atom stereocenters. The molecule has 1 fully saturated rings. The van der Waals surface area contributed by atoms with Gasteiger partial charge in [0.2, 0.25) is 0 Å². The van der Waals surface area contributed by atoms with E-state index in [1.54, 1.807) is 12.5 Å². The summed E-state index contributed by atoms with van der Waals surface area (Å²) in [5.41, 5.74) is 6.16. The van der Waals surface area contributed by atoms with Crippen LogP contribution in [0.4, 0.5) is 5.13 Å². The predicted molar refractivity (Wildman–Crippen MR) is 78.5 cm³/mol. The summed E-state index contributed by atoms with van der Waals surface area (Å²) in [6, 6.07) is 0. The van der Waals surface area contributed by atoms with Gasteiger partial charge in [-0.2, -0.15) is 17.4 Å². The van der Waals surface area contributed by atoms with Crippen molar-refractivity contribution < 1.29 is 13.2 Å². The van der Waals surface area contributed by atoms with E-state index < -0.39 is 10.2 Å². The van der Waals surface area contributed by atoms with Crippen molar-refractivity contribution in [1.82, 2.24) is 14.0 Å². The third kappa shape index (κ3) is 4.13. The molecule has 7 nitrogen and oxygen atoms in total. The van der Waals surface area contributed by atoms with Gasteiger partial charge in [-0.1, -0.05) is 0 Å². The summed E-state index contributed by atoms with van der Waals surface area (Å²) >= 11 is 1.30. The van der Waals surface area contributed by atoms with Gasteiger partial charge in [0.25, 0.3) is 10.2 Å². The number of nitrogens with one attached hydrogen (secondary N) is 1. The zero-order chi connectivity index (χ0) is 14.6. The molecule has 2 rings (SSSR count). The Morgan fingerprint density at radius 3 is 3.10 bits per heavy atom. The van der Waals surface area contributed by atoms with Crippen molar-refractivity contribution in [3.05, 3.63) is 11.1 Å². The van der Waals surface area contributed by atoms with Crippen molar-refractivity contribution in [3.63, 3.8) is 0 Å². The molecule has 3 N–H and O–H groups in total. The first-order valence-electron chi connectivity index (χ1n) is 6.45. The number of methoxy groups -OCH3 is 1. The summed E-state index contributed by atoms with van der Waals surface area (Å²) in [6.45, 7) is 1.81. The summed E-state index contributed by atoms with van der Waals surface area (Å²) in [5.74, 6) is 0.264. The molecule has 0 aromatic carbocycles. The summed E-state index contributed by atoms with van der Waals surface area (Å²) < 4.78 is 33.6. The first-order valence-corrected chi connectivity index (χ1v) is 8.77. The van der Waals surface area contributed by atoms with Crippen LogP contribution in [0, 0.1) is 5.92 Å². The first-order chi connectivity index (χ1) is 9.51. The molecule has 1 aliphatic rings. The molecule has 20 heavy (non-hydrogen) atoms. The Bertz CT molecular complexity index is 530. The fraction of sp³-hybridized carbons (Fsp3) is 0.727. The molecule has 0 radical (unpaired) electrons. The highest BCUT2D eigenvalue weighted by atomic mass is 32.2. The van der Waals surface area contributed by atoms with Crippen LogP contribution in [0.5, 0.6) is 0 Å². The Hall–Kier alpha value is -0.740. The summed E-state index contributed by atoms with van der Waals surface area (Å²) in [4.78, 5) is 4.03. The smallest absolute Gasteiger partial charge is 0.279 e. The Kier molecular flexibility index (Phi) is 5.33. The monoisotopic (exact) mass is 320 g/mol. The average Bonchev–Trinajstić information content (AvgIpc) is 2.83. The molecule has 0 spiro atoms. The van der Waals surface area contributed by atoms with E-state index in [0.29, 0.717) is 30.5 Å². The lowest BCUT2D eigenvalue weighted by Gasteiger charge is -2.31. The number of aromatic nitrogens is 1. The van der Waals surface area contributed by atoms with E-state index in [1.807, 2.05) is 0 Å². The number of thiazole rings is 1. The quantitative estimate of drug-likeness (QED) is 0.791. The van der Waals surface area contributed by atoms with Crippen molar-refractivity contribution >= 4 is 26.7 Å². The number of anilines is 1. The molecule has 0 unspecified atom stereocenters. The minimum absolute atomic E-state index is 0.168. The van der Waals surface area contributed by atoms with Gasteiger partial charge in [0.05, 0.1) is 18.8 Å². The van der Waals surface area contributed by atoms with Crippen LogP contribution in [0.25, 0.3) is 0 Å². The van der Waals surface area contributed by atoms with E-state index in [9.17, 15) is 8.42 Å². The number of nitrogen functional groups attached to an aromatic ring is 1. The molecule has 1 saturated heterocycles. The second-order valence-electron chi connectivity index (χ2n) is 4.82. The Labute approximate surface area is 123 Å². The maximum absolute atomic E-state index is 12.2. The van der Waals surface area contributed by atoms with Crippen LogP contribution in [0.15, 0.2) is 5.38 Å². The minimum atomic E-state index is -3.47. The molecule has 1 aromatic heterocycles. The molecule has 0 bridgehead atoms. The van der Waals surface area contributed by atoms with Gasteiger partial charge < -0.3 is 10.5 Å². The molecule has 1 aliphatic heterocycles. The predicted octanol–water partition coefficient (Wildman–Crippen LogP) is 0.418. The Balaban J connectivity index is 1.92. The van der Waals surface area contributed by atoms with E-state index in [4.69, 9.17) is 10.5 Å². The van der Waals surface area contributed by atoms with E-state index in [0.717, 1.165) is 12.8 Å². The van der Waals surface area contributed by atoms with E-state index in [1.165, 1.54) is 15.6 Å². The SMILES string of the molecule is COC[C@H]1CCCN(S(=O)(=O)NCc2csc(N)n2)C1. The number of rotatable bonds is 6. The van der Waals surface area contributed by atoms with Crippen LogP contribution in [0.1, 0.15) is 18.5 Å². The summed E-state index contributed by atoms with van der Waals surface area (Å²) in [7, 11) is -1.83. The highest BCUT2D eigenvalue weighted by Gasteiger charge is 2.28. The number of nitrogens with two attached hydrogens (primary N) is 1. The van der Waals surface area contributed by atoms with Gasteiger partial charge in [0, 0.05) is 25.6 Å². The van der Waals surface area contributed by atoms with E-state index in [2.05, 4.69) is 9.71 Å². The normalized spacial score (nSPS) is 21.1. The Morgan fingerprint density at radius 1 is 1.65 bits per heavy atom. The van der Waals surface area contributed by atoms with Gasteiger partial charge in [-0.25, -0.2) is 4.98 Å². The topological polar surface area (TPSA) is 97.5 Å². The Morgan fingerprint density at radius 2 is 2.45 bits per heavy atom. The van der Waals surface area contributed by atoms with Gasteiger partial charge in [-0.3, -0.25) is 0 Å². The largest absolute Gasteiger partial charge is 0.384 e. The van der Waals surface area contributed by atoms with Crippen LogP contribution >= 0.6 is 11.3 Å². The molecule has 0 saturated carbocycles. The molecule has 1 aromatic rings. The molecule has 0 amide bonds. The lowest BCUT2D eigenvalue weighted by Crippen LogP contribution is -2.46. The molecular weight excluding hydrogens is 300 g/mol. The van der Waals surface area contributed by atoms with Crippen LogP contribution in [-0.2, 0) is 21.5 Å². The van der Waals surface area contributed by atoms with E-state index in [-0.39, 0.29) is 12.5 Å². The maximum Gasteiger partial charge on any atom is 0.279 e. The third-order valence-electron chi connectivity index (χ3n) is 3.23. The lowest BCUT2D eigenvalue weighted by molar-refractivity contribution is 0.118. The number of ether oxygens (including phenoxy) is 1. The highest BCUT2D eigenvalue weighted by molar-refractivity contribution is 7.87. The zero-order valence-corrected chi connectivity index (χ0v) is 13.0. The first kappa shape index (κ1) is 15.6. The molecular formula is C11H20N4O3S2. The maximum atomic E-state index is 12.2. The number of hydrogen-bond donors (Lipinski definition) is 2. The van der Waals surface area contributed by atoms with Crippen molar-refractivity contribution in [2.24, 2.45) is 5.92 Å². The second-order valence-corrected chi connectivity index (χ2v) is 7.47. The van der Waals surface area contributed by atoms with Crippen LogP contribution < -0.4 is 10.5 Å². The number of nitrogens with zero attached hydrogens (tertiary/aromatic N) is 2. The molecule has 114 valence electrons. The molecule has 9 heteroatoms. The van der Waals surface area contributed by atoms with Crippen molar-refractivity contribution in [1.29, 1.82) is 0 Å². The van der Waals surface area contributed by atoms with Crippen LogP contribution in [-0.4, -0.2) is 44.5 Å². The lowest BCUT2D eigenvalue weighted by atomic mass is 10.0. The fourth-order valence-electron chi connectivity index (χ4n) is 2.28. The van der Waals surface area contributed by atoms with Gasteiger partial charge in [-0.05, 0) is 18.8 Å². The summed E-state index contributed by atoms with van der Waals surface area (Å²) in [6.07, 6.45) is 1.86. The number of piperidine rings is 1. The minimum Gasteiger partial charge on any atom is -0.384 e. The van der Waals surface area contributed by atoms with Gasteiger partial charge in [0.1, 0.15) is 0 Å². The van der Waals surface area contributed by atoms with Gasteiger partial charge in [-0.15, -0.1) is 11.3 Å². The molecule has 2 heterocycles. The van der Waals surface area contributed by atoms with Crippen molar-refractivity contribution in [2.45, 2.75) is 19.4 Å². The molecule has 0 aliphatic carbocycles. The second kappa shape index (κ2) is 6.81. The van der Waals surface area contributed by atoms with Crippen molar-refractivity contribution in [2.75, 3.05) is 32.5 Å². The van der Waals surface area contributed by atoms with E-state index >= 15 is 0 Å². The number of hydrogen-bond acceptors (Lipinski definition) is 6. The zero-order valence-electron chi connectivity index (χ0n) is 11.4. The average molecular weight is 320 g/mol. The van der Waals surface area contributed by atoms with Gasteiger partial charge in [0.15, 0.2) is 5.13 Å².